The van der Waals surface area contributed by atoms with Gasteiger partial charge >= 0.3 is 11.9 Å². The van der Waals surface area contributed by atoms with E-state index in [2.05, 4.69) is 37.2 Å². The molecule has 0 radical (unpaired) electrons. The summed E-state index contributed by atoms with van der Waals surface area (Å²) < 4.78 is 10.3. The molecule has 0 heterocycles. The predicted molar refractivity (Wildman–Crippen MR) is 87.4 cm³/mol. The topological polar surface area (TPSA) is 102 Å². The number of amides is 1. The van der Waals surface area contributed by atoms with Crippen molar-refractivity contribution in [1.29, 1.82) is 0 Å². The number of hydrogen-bond acceptors (Lipinski definition) is 5. The van der Waals surface area contributed by atoms with Gasteiger partial charge in [0.25, 0.3) is 0 Å². The number of ether oxygens (including phenoxy) is 2. The van der Waals surface area contributed by atoms with Gasteiger partial charge in [0.2, 0.25) is 5.91 Å². The summed E-state index contributed by atoms with van der Waals surface area (Å²) in [7, 11) is 0. The second-order valence-corrected chi connectivity index (χ2v) is 7.35. The van der Waals surface area contributed by atoms with Gasteiger partial charge in [-0.05, 0) is 20.8 Å². The van der Waals surface area contributed by atoms with Crippen LogP contribution in [-0.2, 0) is 23.9 Å². The molecule has 0 saturated carbocycles. The Morgan fingerprint density at radius 1 is 1.14 bits per heavy atom. The molecule has 2 unspecified atom stereocenters. The van der Waals surface area contributed by atoms with Crippen LogP contribution in [0, 0.1) is 0 Å². The van der Waals surface area contributed by atoms with Gasteiger partial charge in [0.05, 0.1) is 19.6 Å². The van der Waals surface area contributed by atoms with Crippen LogP contribution in [0.2, 0.25) is 0 Å². The van der Waals surface area contributed by atoms with Gasteiger partial charge in [0.15, 0.2) is 0 Å². The molecular weight excluding hydrogens is 426 g/mol. The van der Waals surface area contributed by atoms with Crippen molar-refractivity contribution in [3.05, 3.63) is 0 Å². The number of aliphatic carboxylic acids is 1. The number of carboxylic acids is 1. The van der Waals surface area contributed by atoms with Crippen LogP contribution in [0.1, 0.15) is 27.2 Å². The Bertz CT molecular complexity index is 396. The van der Waals surface area contributed by atoms with Crippen LogP contribution in [0.5, 0.6) is 0 Å². The molecule has 0 saturated heterocycles. The maximum atomic E-state index is 11.6. The second kappa shape index (κ2) is 10.2. The number of hydrogen-bond donors (Lipinski definition) is 2. The molecule has 1 amide bonds. The number of carbonyl (C=O) groups is 3. The maximum Gasteiger partial charge on any atom is 0.318 e. The Kier molecular flexibility index (Phi) is 9.86. The smallest absolute Gasteiger partial charge is 0.318 e. The standard InChI is InChI=1S/C13H21Br2NO6/c1-13(2,3)22-8(17)4-6-21-7-5-16-11(18)9(14)10(15)12(19)20/h9-10H,4-7H2,1-3H3,(H,16,18)(H,19,20). The van der Waals surface area contributed by atoms with Crippen LogP contribution in [0.4, 0.5) is 0 Å². The van der Waals surface area contributed by atoms with Crippen molar-refractivity contribution in [3.8, 4) is 0 Å². The van der Waals surface area contributed by atoms with Crippen LogP contribution < -0.4 is 5.32 Å². The average molecular weight is 447 g/mol. The summed E-state index contributed by atoms with van der Waals surface area (Å²) in [4.78, 5) is 31.8. The zero-order valence-corrected chi connectivity index (χ0v) is 15.9. The molecule has 0 aliphatic carbocycles. The van der Waals surface area contributed by atoms with Gasteiger partial charge in [-0.2, -0.15) is 0 Å². The number of halogens is 2. The summed E-state index contributed by atoms with van der Waals surface area (Å²) in [6.07, 6.45) is 0.134. The first-order chi connectivity index (χ1) is 10.0. The van der Waals surface area contributed by atoms with Crippen molar-refractivity contribution in [2.45, 2.75) is 42.4 Å². The molecule has 7 nitrogen and oxygen atoms in total. The fourth-order valence-corrected chi connectivity index (χ4v) is 1.88. The lowest BCUT2D eigenvalue weighted by Gasteiger charge is -2.19. The Balaban J connectivity index is 3.76. The van der Waals surface area contributed by atoms with E-state index in [1.54, 1.807) is 20.8 Å². The van der Waals surface area contributed by atoms with Gasteiger partial charge in [0.1, 0.15) is 15.3 Å². The van der Waals surface area contributed by atoms with Gasteiger partial charge in [-0.15, -0.1) is 0 Å². The zero-order valence-electron chi connectivity index (χ0n) is 12.7. The third kappa shape index (κ3) is 10.1. The summed E-state index contributed by atoms with van der Waals surface area (Å²) in [5.41, 5.74) is -0.522. The van der Waals surface area contributed by atoms with E-state index in [1.807, 2.05) is 0 Å². The van der Waals surface area contributed by atoms with Crippen molar-refractivity contribution in [1.82, 2.24) is 5.32 Å². The number of esters is 1. The molecule has 0 aromatic heterocycles. The molecule has 0 aromatic rings. The highest BCUT2D eigenvalue weighted by molar-refractivity contribution is 9.12. The van der Waals surface area contributed by atoms with Gasteiger partial charge in [-0.3, -0.25) is 14.4 Å². The van der Waals surface area contributed by atoms with E-state index < -0.39 is 27.1 Å². The molecule has 0 aliphatic heterocycles. The molecule has 128 valence electrons. The van der Waals surface area contributed by atoms with Crippen molar-refractivity contribution < 1.29 is 29.0 Å². The van der Waals surface area contributed by atoms with Crippen LogP contribution >= 0.6 is 31.9 Å². The zero-order chi connectivity index (χ0) is 17.3. The molecule has 2 atom stereocenters. The van der Waals surface area contributed by atoms with Crippen LogP contribution in [0.25, 0.3) is 0 Å². The minimum atomic E-state index is -1.13. The molecule has 0 aliphatic rings. The average Bonchev–Trinajstić information content (AvgIpc) is 2.38. The first-order valence-corrected chi connectivity index (χ1v) is 8.46. The van der Waals surface area contributed by atoms with Crippen LogP contribution in [0.3, 0.4) is 0 Å². The van der Waals surface area contributed by atoms with E-state index in [-0.39, 0.29) is 32.1 Å². The third-order valence-corrected chi connectivity index (χ3v) is 4.73. The quantitative estimate of drug-likeness (QED) is 0.316. The monoisotopic (exact) mass is 445 g/mol. The number of nitrogens with one attached hydrogen (secondary N) is 1. The number of alkyl halides is 2. The van der Waals surface area contributed by atoms with E-state index in [9.17, 15) is 14.4 Å². The minimum Gasteiger partial charge on any atom is -0.480 e. The molecule has 0 fully saturated rings. The van der Waals surface area contributed by atoms with Crippen LogP contribution in [0.15, 0.2) is 0 Å². The van der Waals surface area contributed by atoms with E-state index in [0.29, 0.717) is 0 Å². The fourth-order valence-electron chi connectivity index (χ4n) is 1.25. The lowest BCUT2D eigenvalue weighted by atomic mass is 10.2. The Morgan fingerprint density at radius 2 is 1.73 bits per heavy atom. The van der Waals surface area contributed by atoms with E-state index in [4.69, 9.17) is 14.6 Å². The third-order valence-electron chi connectivity index (χ3n) is 2.16. The van der Waals surface area contributed by atoms with Crippen molar-refractivity contribution in [3.63, 3.8) is 0 Å². The highest BCUT2D eigenvalue weighted by Gasteiger charge is 2.28. The summed E-state index contributed by atoms with van der Waals surface area (Å²) in [5, 5.41) is 11.3. The largest absolute Gasteiger partial charge is 0.480 e. The first-order valence-electron chi connectivity index (χ1n) is 6.63. The predicted octanol–water partition coefficient (Wildman–Crippen LogP) is 1.46. The number of rotatable bonds is 9. The molecule has 2 N–H and O–H groups in total. The van der Waals surface area contributed by atoms with Crippen molar-refractivity contribution in [2.24, 2.45) is 0 Å². The summed E-state index contributed by atoms with van der Waals surface area (Å²) in [5.74, 6) is -1.94. The molecule has 22 heavy (non-hydrogen) atoms. The second-order valence-electron chi connectivity index (χ2n) is 5.38. The SMILES string of the molecule is CC(C)(C)OC(=O)CCOCCNC(=O)C(Br)C(Br)C(=O)O. The molecule has 9 heteroatoms. The highest BCUT2D eigenvalue weighted by Crippen LogP contribution is 2.14. The summed E-state index contributed by atoms with van der Waals surface area (Å²) in [6, 6.07) is 0. The van der Waals surface area contributed by atoms with Crippen molar-refractivity contribution in [2.75, 3.05) is 19.8 Å². The number of carboxylic acid groups (broad SMARTS) is 1. The molecule has 0 spiro atoms. The lowest BCUT2D eigenvalue weighted by Crippen LogP contribution is -2.40. The highest BCUT2D eigenvalue weighted by atomic mass is 79.9. The maximum absolute atomic E-state index is 11.6. The Labute approximate surface area is 146 Å². The van der Waals surface area contributed by atoms with Gasteiger partial charge in [-0.25, -0.2) is 0 Å². The first kappa shape index (κ1) is 21.3. The minimum absolute atomic E-state index is 0.134. The van der Waals surface area contributed by atoms with Crippen molar-refractivity contribution >= 4 is 49.7 Å². The summed E-state index contributed by atoms with van der Waals surface area (Å²) in [6.45, 7) is 5.98. The Morgan fingerprint density at radius 3 is 2.23 bits per heavy atom. The van der Waals surface area contributed by atoms with Gasteiger partial charge in [0, 0.05) is 6.54 Å². The summed E-state index contributed by atoms with van der Waals surface area (Å²) >= 11 is 5.89. The van der Waals surface area contributed by atoms with E-state index >= 15 is 0 Å². The van der Waals surface area contributed by atoms with Gasteiger partial charge < -0.3 is 19.9 Å². The van der Waals surface area contributed by atoms with Gasteiger partial charge in [-0.1, -0.05) is 31.9 Å². The molecule has 0 aromatic carbocycles. The molecule has 0 bridgehead atoms. The normalized spacial score (nSPS) is 14.0. The lowest BCUT2D eigenvalue weighted by molar-refractivity contribution is -0.156. The molecule has 0 rings (SSSR count). The molecular formula is C13H21Br2NO6. The fraction of sp³-hybridized carbons (Fsp3) is 0.769. The van der Waals surface area contributed by atoms with E-state index in [1.165, 1.54) is 0 Å². The van der Waals surface area contributed by atoms with E-state index in [0.717, 1.165) is 0 Å². The Hall–Kier alpha value is -0.670. The number of carbonyl (C=O) groups excluding carboxylic acids is 2. The van der Waals surface area contributed by atoms with Crippen LogP contribution in [-0.4, -0.2) is 58.0 Å².